The van der Waals surface area contributed by atoms with E-state index >= 15 is 0 Å². The Bertz CT molecular complexity index is 1560. The lowest BCUT2D eigenvalue weighted by Gasteiger charge is -2.14. The summed E-state index contributed by atoms with van der Waals surface area (Å²) in [6.07, 6.45) is 13.7. The van der Waals surface area contributed by atoms with Gasteiger partial charge in [0.15, 0.2) is 0 Å². The van der Waals surface area contributed by atoms with Crippen molar-refractivity contribution in [3.63, 3.8) is 0 Å². The van der Waals surface area contributed by atoms with E-state index in [1.165, 1.54) is 0 Å². The first-order valence-corrected chi connectivity index (χ1v) is 12.2. The quantitative estimate of drug-likeness (QED) is 0.229. The molecule has 0 radical (unpaired) electrons. The van der Waals surface area contributed by atoms with E-state index in [0.29, 0.717) is 5.56 Å². The Morgan fingerprint density at radius 1 is 1.00 bits per heavy atom. The minimum atomic E-state index is 0.482. The summed E-state index contributed by atoms with van der Waals surface area (Å²) < 4.78 is 0. The summed E-state index contributed by atoms with van der Waals surface area (Å²) in [5.41, 5.74) is 8.18. The van der Waals surface area contributed by atoms with Crippen LogP contribution in [0.2, 0.25) is 0 Å². The SMILES string of the molecule is Cc1c(Nc2c(C#N)cncc2C=Cc2ccc(CNCCc3ccccn3)cn2)ccc2[nH]ccc12. The lowest BCUT2D eigenvalue weighted by molar-refractivity contribution is 0.678. The number of pyridine rings is 3. The second-order valence-corrected chi connectivity index (χ2v) is 8.74. The first-order chi connectivity index (χ1) is 18.2. The monoisotopic (exact) mass is 485 g/mol. The number of fused-ring (bicyclic) bond motifs is 1. The van der Waals surface area contributed by atoms with Gasteiger partial charge < -0.3 is 15.6 Å². The van der Waals surface area contributed by atoms with Crippen LogP contribution in [-0.2, 0) is 13.0 Å². The number of hydrogen-bond acceptors (Lipinski definition) is 6. The van der Waals surface area contributed by atoms with Gasteiger partial charge in [-0.1, -0.05) is 12.1 Å². The van der Waals surface area contributed by atoms with Gasteiger partial charge in [-0.05, 0) is 66.6 Å². The van der Waals surface area contributed by atoms with Crippen LogP contribution in [-0.4, -0.2) is 26.5 Å². The minimum Gasteiger partial charge on any atom is -0.361 e. The number of nitriles is 1. The smallest absolute Gasteiger partial charge is 0.103 e. The van der Waals surface area contributed by atoms with Gasteiger partial charge >= 0.3 is 0 Å². The van der Waals surface area contributed by atoms with Gasteiger partial charge in [0.25, 0.3) is 0 Å². The summed E-state index contributed by atoms with van der Waals surface area (Å²) in [5, 5.41) is 17.8. The van der Waals surface area contributed by atoms with Gasteiger partial charge in [-0.3, -0.25) is 15.0 Å². The first kappa shape index (κ1) is 23.9. The first-order valence-electron chi connectivity index (χ1n) is 12.2. The number of anilines is 2. The molecular formula is C30H27N7. The lowest BCUT2D eigenvalue weighted by Crippen LogP contribution is -2.17. The highest BCUT2D eigenvalue weighted by molar-refractivity contribution is 5.90. The molecule has 0 aliphatic carbocycles. The number of H-pyrrole nitrogens is 1. The number of hydrogen-bond donors (Lipinski definition) is 3. The number of aryl methyl sites for hydroxylation is 1. The molecule has 37 heavy (non-hydrogen) atoms. The van der Waals surface area contributed by atoms with Crippen LogP contribution in [0.3, 0.4) is 0 Å². The molecule has 4 heterocycles. The number of nitrogens with one attached hydrogen (secondary N) is 3. The van der Waals surface area contributed by atoms with Crippen molar-refractivity contribution in [1.29, 1.82) is 5.26 Å². The third-order valence-corrected chi connectivity index (χ3v) is 6.25. The summed E-state index contributed by atoms with van der Waals surface area (Å²) in [6, 6.07) is 18.4. The molecule has 0 atom stereocenters. The molecule has 0 aliphatic rings. The summed E-state index contributed by atoms with van der Waals surface area (Å²) >= 11 is 0. The van der Waals surface area contributed by atoms with Gasteiger partial charge in [0.05, 0.1) is 16.9 Å². The topological polar surface area (TPSA) is 102 Å². The van der Waals surface area contributed by atoms with Crippen molar-refractivity contribution >= 4 is 34.4 Å². The van der Waals surface area contributed by atoms with Crippen molar-refractivity contribution in [2.24, 2.45) is 0 Å². The Hall–Kier alpha value is -4.80. The maximum atomic E-state index is 9.72. The Morgan fingerprint density at radius 3 is 2.76 bits per heavy atom. The fourth-order valence-electron chi connectivity index (χ4n) is 4.19. The highest BCUT2D eigenvalue weighted by Crippen LogP contribution is 2.31. The molecule has 7 heteroatoms. The molecule has 0 aliphatic heterocycles. The minimum absolute atomic E-state index is 0.482. The van der Waals surface area contributed by atoms with E-state index in [2.05, 4.69) is 55.7 Å². The zero-order valence-electron chi connectivity index (χ0n) is 20.6. The van der Waals surface area contributed by atoms with Crippen LogP contribution in [0.4, 0.5) is 11.4 Å². The number of rotatable bonds is 9. The van der Waals surface area contributed by atoms with E-state index in [1.807, 2.05) is 67.1 Å². The zero-order chi connectivity index (χ0) is 25.5. The molecule has 0 saturated heterocycles. The van der Waals surface area contributed by atoms with E-state index in [-0.39, 0.29) is 0 Å². The maximum Gasteiger partial charge on any atom is 0.103 e. The van der Waals surface area contributed by atoms with Crippen LogP contribution < -0.4 is 10.6 Å². The van der Waals surface area contributed by atoms with Crippen molar-refractivity contribution in [2.75, 3.05) is 11.9 Å². The van der Waals surface area contributed by atoms with Gasteiger partial charge in [0.1, 0.15) is 6.07 Å². The van der Waals surface area contributed by atoms with Crippen LogP contribution in [0.15, 0.2) is 79.5 Å². The molecule has 5 rings (SSSR count). The van der Waals surface area contributed by atoms with Gasteiger partial charge in [-0.15, -0.1) is 0 Å². The Kier molecular flexibility index (Phi) is 7.30. The highest BCUT2D eigenvalue weighted by atomic mass is 14.9. The molecule has 0 bridgehead atoms. The Morgan fingerprint density at radius 2 is 1.95 bits per heavy atom. The lowest BCUT2D eigenvalue weighted by atomic mass is 10.1. The molecular weight excluding hydrogens is 458 g/mol. The molecule has 0 saturated carbocycles. The molecule has 3 N–H and O–H groups in total. The van der Waals surface area contributed by atoms with Crippen LogP contribution in [0, 0.1) is 18.3 Å². The van der Waals surface area contributed by atoms with Crippen molar-refractivity contribution in [1.82, 2.24) is 25.3 Å². The van der Waals surface area contributed by atoms with Gasteiger partial charge in [0.2, 0.25) is 0 Å². The summed E-state index contributed by atoms with van der Waals surface area (Å²) in [7, 11) is 0. The van der Waals surface area contributed by atoms with Crippen molar-refractivity contribution in [2.45, 2.75) is 19.9 Å². The highest BCUT2D eigenvalue weighted by Gasteiger charge is 2.11. The normalized spacial score (nSPS) is 11.1. The number of benzene rings is 1. The zero-order valence-corrected chi connectivity index (χ0v) is 20.6. The third-order valence-electron chi connectivity index (χ3n) is 6.25. The van der Waals surface area contributed by atoms with E-state index in [0.717, 1.165) is 69.9 Å². The summed E-state index contributed by atoms with van der Waals surface area (Å²) in [4.78, 5) is 16.4. The van der Waals surface area contributed by atoms with Crippen molar-refractivity contribution in [3.05, 3.63) is 113 Å². The molecule has 1 aromatic carbocycles. The van der Waals surface area contributed by atoms with Crippen LogP contribution in [0.5, 0.6) is 0 Å². The number of aromatic amines is 1. The molecule has 0 unspecified atom stereocenters. The second kappa shape index (κ2) is 11.3. The fraction of sp³-hybridized carbons (Fsp3) is 0.133. The standard InChI is InChI=1S/C30H27N7/c1-21-27-12-15-35-29(27)10-9-28(21)37-30-23(19-33-20-24(30)16-31)6-8-26-7-5-22(18-36-26)17-32-14-11-25-4-2-3-13-34-25/h2-10,12-13,15,18-20,32,35H,11,14,17H2,1H3,(H,33,37). The third kappa shape index (κ3) is 5.72. The Labute approximate surface area is 216 Å². The average molecular weight is 486 g/mol. The Balaban J connectivity index is 1.27. The van der Waals surface area contributed by atoms with Gasteiger partial charge in [-0.2, -0.15) is 5.26 Å². The predicted octanol–water partition coefficient (Wildman–Crippen LogP) is 5.78. The second-order valence-electron chi connectivity index (χ2n) is 8.74. The van der Waals surface area contributed by atoms with Crippen molar-refractivity contribution in [3.8, 4) is 6.07 Å². The van der Waals surface area contributed by atoms with Crippen molar-refractivity contribution < 1.29 is 0 Å². The molecule has 182 valence electrons. The summed E-state index contributed by atoms with van der Waals surface area (Å²) in [6.45, 7) is 3.67. The molecule has 4 aromatic heterocycles. The summed E-state index contributed by atoms with van der Waals surface area (Å²) in [5.74, 6) is 0. The van der Waals surface area contributed by atoms with E-state index in [9.17, 15) is 5.26 Å². The van der Waals surface area contributed by atoms with E-state index < -0.39 is 0 Å². The average Bonchev–Trinajstić information content (AvgIpc) is 3.43. The maximum absolute atomic E-state index is 9.72. The fourth-order valence-corrected chi connectivity index (χ4v) is 4.19. The van der Waals surface area contributed by atoms with Crippen LogP contribution in [0.25, 0.3) is 23.1 Å². The van der Waals surface area contributed by atoms with Crippen LogP contribution in [0.1, 0.15) is 33.6 Å². The van der Waals surface area contributed by atoms with Crippen LogP contribution >= 0.6 is 0 Å². The van der Waals surface area contributed by atoms with E-state index in [1.54, 1.807) is 12.4 Å². The number of aromatic nitrogens is 4. The molecule has 0 amide bonds. The van der Waals surface area contributed by atoms with Gasteiger partial charge in [0, 0.05) is 78.3 Å². The molecule has 0 spiro atoms. The number of nitrogens with zero attached hydrogens (tertiary/aromatic N) is 4. The van der Waals surface area contributed by atoms with E-state index in [4.69, 9.17) is 0 Å². The molecule has 7 nitrogen and oxygen atoms in total. The van der Waals surface area contributed by atoms with Gasteiger partial charge in [-0.25, -0.2) is 0 Å². The largest absolute Gasteiger partial charge is 0.361 e. The predicted molar refractivity (Wildman–Crippen MR) is 148 cm³/mol. The molecule has 5 aromatic rings. The molecule has 0 fully saturated rings.